The lowest BCUT2D eigenvalue weighted by atomic mass is 10.1. The van der Waals surface area contributed by atoms with Crippen LogP contribution in [-0.4, -0.2) is 28.2 Å². The van der Waals surface area contributed by atoms with Crippen molar-refractivity contribution >= 4 is 16.9 Å². The summed E-state index contributed by atoms with van der Waals surface area (Å²) in [6.07, 6.45) is 2.19. The second kappa shape index (κ2) is 5.32. The van der Waals surface area contributed by atoms with Crippen molar-refractivity contribution in [1.82, 2.24) is 4.98 Å². The highest BCUT2D eigenvalue weighted by Crippen LogP contribution is 2.25. The number of aromatic nitrogens is 1. The van der Waals surface area contributed by atoms with Crippen LogP contribution in [0.2, 0.25) is 0 Å². The number of H-pyrrole nitrogens is 1. The van der Waals surface area contributed by atoms with E-state index in [1.165, 1.54) is 0 Å². The summed E-state index contributed by atoms with van der Waals surface area (Å²) in [6, 6.07) is 4.83. The highest BCUT2D eigenvalue weighted by molar-refractivity contribution is 5.85. The number of benzene rings is 1. The van der Waals surface area contributed by atoms with E-state index in [0.717, 1.165) is 22.2 Å². The Hall–Kier alpha value is -2.01. The molecule has 0 aliphatic heterocycles. The van der Waals surface area contributed by atoms with Crippen LogP contribution in [0, 0.1) is 0 Å². The van der Waals surface area contributed by atoms with E-state index >= 15 is 0 Å². The van der Waals surface area contributed by atoms with Gasteiger partial charge in [0, 0.05) is 23.5 Å². The Morgan fingerprint density at radius 2 is 2.21 bits per heavy atom. The van der Waals surface area contributed by atoms with Crippen LogP contribution in [0.1, 0.15) is 19.4 Å². The molecule has 5 nitrogen and oxygen atoms in total. The lowest BCUT2D eigenvalue weighted by molar-refractivity contribution is -0.138. The second-order valence-electron chi connectivity index (χ2n) is 4.84. The Balaban J connectivity index is 2.31. The van der Waals surface area contributed by atoms with E-state index in [2.05, 4.69) is 4.98 Å². The molecule has 0 radical (unpaired) electrons. The topological polar surface area (TPSA) is 88.3 Å². The molecule has 5 heteroatoms. The zero-order valence-corrected chi connectivity index (χ0v) is 11.0. The van der Waals surface area contributed by atoms with E-state index in [1.54, 1.807) is 6.20 Å². The van der Waals surface area contributed by atoms with E-state index < -0.39 is 12.0 Å². The molecule has 0 fully saturated rings. The van der Waals surface area contributed by atoms with Crippen molar-refractivity contribution in [3.05, 3.63) is 30.0 Å². The molecule has 0 aliphatic carbocycles. The number of hydrogen-bond donors (Lipinski definition) is 3. The van der Waals surface area contributed by atoms with Crippen molar-refractivity contribution in [3.8, 4) is 5.75 Å². The molecule has 2 rings (SSSR count). The molecule has 0 saturated heterocycles. The minimum Gasteiger partial charge on any atom is -0.491 e. The van der Waals surface area contributed by atoms with Crippen LogP contribution in [0.4, 0.5) is 0 Å². The number of aromatic amines is 1. The Morgan fingerprint density at radius 1 is 1.47 bits per heavy atom. The van der Waals surface area contributed by atoms with Crippen molar-refractivity contribution < 1.29 is 14.6 Å². The third-order valence-electron chi connectivity index (χ3n) is 2.87. The molecule has 4 N–H and O–H groups in total. The maximum absolute atomic E-state index is 10.8. The maximum atomic E-state index is 10.8. The summed E-state index contributed by atoms with van der Waals surface area (Å²) in [6.45, 7) is 3.92. The van der Waals surface area contributed by atoms with Gasteiger partial charge in [0.15, 0.2) is 0 Å². The van der Waals surface area contributed by atoms with E-state index in [1.807, 2.05) is 32.0 Å². The molecule has 1 heterocycles. The van der Waals surface area contributed by atoms with Crippen LogP contribution < -0.4 is 10.5 Å². The standard InChI is InChI=1S/C14H18N2O3/c1-8(2)19-10-3-4-13-11(6-10)9(7-16-13)5-12(15)14(17)18/h3-4,6-8,12,16H,5,15H2,1-2H3,(H,17,18)/t12-/m0/s1. The van der Waals surface area contributed by atoms with Gasteiger partial charge in [-0.25, -0.2) is 0 Å². The molecule has 0 spiro atoms. The Kier molecular flexibility index (Phi) is 3.76. The molecule has 0 aliphatic rings. The first-order chi connectivity index (χ1) is 8.97. The Bertz CT molecular complexity index is 589. The number of carboxylic acid groups (broad SMARTS) is 1. The predicted octanol–water partition coefficient (Wildman–Crippen LogP) is 1.91. The van der Waals surface area contributed by atoms with E-state index in [-0.39, 0.29) is 6.10 Å². The van der Waals surface area contributed by atoms with E-state index in [0.29, 0.717) is 6.42 Å². The van der Waals surface area contributed by atoms with Gasteiger partial charge in [0.2, 0.25) is 0 Å². The van der Waals surface area contributed by atoms with Gasteiger partial charge < -0.3 is 20.6 Å². The first kappa shape index (κ1) is 13.4. The first-order valence-corrected chi connectivity index (χ1v) is 6.22. The van der Waals surface area contributed by atoms with Gasteiger partial charge in [-0.1, -0.05) is 0 Å². The van der Waals surface area contributed by atoms with Gasteiger partial charge in [-0.2, -0.15) is 0 Å². The van der Waals surface area contributed by atoms with Crippen LogP contribution >= 0.6 is 0 Å². The quantitative estimate of drug-likeness (QED) is 0.768. The van der Waals surface area contributed by atoms with Crippen LogP contribution in [0.25, 0.3) is 10.9 Å². The summed E-state index contributed by atoms with van der Waals surface area (Å²) < 4.78 is 5.64. The van der Waals surface area contributed by atoms with Gasteiger partial charge >= 0.3 is 5.97 Å². The zero-order valence-electron chi connectivity index (χ0n) is 11.0. The fourth-order valence-corrected chi connectivity index (χ4v) is 2.00. The molecule has 0 bridgehead atoms. The highest BCUT2D eigenvalue weighted by Gasteiger charge is 2.15. The smallest absolute Gasteiger partial charge is 0.320 e. The van der Waals surface area contributed by atoms with Crippen molar-refractivity contribution in [1.29, 1.82) is 0 Å². The number of fused-ring (bicyclic) bond motifs is 1. The molecule has 19 heavy (non-hydrogen) atoms. The van der Waals surface area contributed by atoms with Crippen molar-refractivity contribution in [2.24, 2.45) is 5.73 Å². The molecule has 102 valence electrons. The summed E-state index contributed by atoms with van der Waals surface area (Å²) >= 11 is 0. The summed E-state index contributed by atoms with van der Waals surface area (Å²) in [5.74, 6) is -0.226. The second-order valence-corrected chi connectivity index (χ2v) is 4.84. The van der Waals surface area contributed by atoms with Crippen molar-refractivity contribution in [2.75, 3.05) is 0 Å². The number of carboxylic acids is 1. The lowest BCUT2D eigenvalue weighted by Crippen LogP contribution is -2.32. The molecule has 1 aromatic heterocycles. The number of rotatable bonds is 5. The van der Waals surface area contributed by atoms with Gasteiger partial charge in [0.1, 0.15) is 11.8 Å². The largest absolute Gasteiger partial charge is 0.491 e. The van der Waals surface area contributed by atoms with Gasteiger partial charge in [-0.15, -0.1) is 0 Å². The molecule has 0 saturated carbocycles. The van der Waals surface area contributed by atoms with E-state index in [4.69, 9.17) is 15.6 Å². The van der Waals surface area contributed by atoms with Gasteiger partial charge in [0.25, 0.3) is 0 Å². The van der Waals surface area contributed by atoms with Gasteiger partial charge in [-0.05, 0) is 37.6 Å². The zero-order chi connectivity index (χ0) is 14.0. The summed E-state index contributed by atoms with van der Waals surface area (Å²) in [5, 5.41) is 9.82. The molecule has 1 atom stereocenters. The number of nitrogens with two attached hydrogens (primary N) is 1. The van der Waals surface area contributed by atoms with E-state index in [9.17, 15) is 4.79 Å². The third kappa shape index (κ3) is 3.06. The summed E-state index contributed by atoms with van der Waals surface area (Å²) in [7, 11) is 0. The minimum atomic E-state index is -0.996. The summed E-state index contributed by atoms with van der Waals surface area (Å²) in [5.41, 5.74) is 7.41. The average Bonchev–Trinajstić information content (AvgIpc) is 2.71. The third-order valence-corrected chi connectivity index (χ3v) is 2.87. The fourth-order valence-electron chi connectivity index (χ4n) is 2.00. The van der Waals surface area contributed by atoms with Gasteiger partial charge in [-0.3, -0.25) is 4.79 Å². The number of aliphatic carboxylic acids is 1. The highest BCUT2D eigenvalue weighted by atomic mass is 16.5. The Labute approximate surface area is 111 Å². The SMILES string of the molecule is CC(C)Oc1ccc2[nH]cc(C[C@H](N)C(=O)O)c2c1. The average molecular weight is 262 g/mol. The minimum absolute atomic E-state index is 0.0983. The normalized spacial score (nSPS) is 12.8. The van der Waals surface area contributed by atoms with Crippen LogP contribution in [0.5, 0.6) is 5.75 Å². The maximum Gasteiger partial charge on any atom is 0.320 e. The summed E-state index contributed by atoms with van der Waals surface area (Å²) in [4.78, 5) is 13.9. The number of nitrogens with one attached hydrogen (secondary N) is 1. The number of ether oxygens (including phenoxy) is 1. The molecular weight excluding hydrogens is 244 g/mol. The fraction of sp³-hybridized carbons (Fsp3) is 0.357. The first-order valence-electron chi connectivity index (χ1n) is 6.22. The molecular formula is C14H18N2O3. The molecule has 0 amide bonds. The predicted molar refractivity (Wildman–Crippen MR) is 73.4 cm³/mol. The van der Waals surface area contributed by atoms with Crippen LogP contribution in [0.3, 0.4) is 0 Å². The van der Waals surface area contributed by atoms with Crippen LogP contribution in [-0.2, 0) is 11.2 Å². The number of carbonyl (C=O) groups is 1. The number of hydrogen-bond acceptors (Lipinski definition) is 3. The van der Waals surface area contributed by atoms with Crippen molar-refractivity contribution in [3.63, 3.8) is 0 Å². The van der Waals surface area contributed by atoms with Crippen LogP contribution in [0.15, 0.2) is 24.4 Å². The molecule has 1 aromatic carbocycles. The molecule has 0 unspecified atom stereocenters. The lowest BCUT2D eigenvalue weighted by Gasteiger charge is -2.10. The molecule has 2 aromatic rings. The van der Waals surface area contributed by atoms with Gasteiger partial charge in [0.05, 0.1) is 6.10 Å². The monoisotopic (exact) mass is 262 g/mol. The van der Waals surface area contributed by atoms with Crippen molar-refractivity contribution in [2.45, 2.75) is 32.4 Å². The Morgan fingerprint density at radius 3 is 2.84 bits per heavy atom.